The van der Waals surface area contributed by atoms with Gasteiger partial charge in [-0.1, -0.05) is 12.1 Å². The van der Waals surface area contributed by atoms with E-state index in [9.17, 15) is 8.42 Å². The smallest absolute Gasteiger partial charge is 0.215 e. The number of aromatic nitrogens is 1. The first-order valence-corrected chi connectivity index (χ1v) is 13.6. The molecule has 5 rings (SSSR count). The number of para-hydroxylation sites is 1. The second-order valence-corrected chi connectivity index (χ2v) is 11.2. The molecule has 190 valence electrons. The zero-order valence-corrected chi connectivity index (χ0v) is 21.4. The summed E-state index contributed by atoms with van der Waals surface area (Å²) in [4.78, 5) is 12.8. The summed E-state index contributed by atoms with van der Waals surface area (Å²) in [7, 11) is 0.282. The Bertz CT molecular complexity index is 1410. The number of methoxy groups -OCH3 is 1. The van der Waals surface area contributed by atoms with Gasteiger partial charge in [0.05, 0.1) is 28.9 Å². The number of hydrogen-bond acceptors (Lipinski definition) is 9. The molecule has 36 heavy (non-hydrogen) atoms. The van der Waals surface area contributed by atoms with E-state index in [-0.39, 0.29) is 4.90 Å². The Kier molecular flexibility index (Phi) is 6.15. The monoisotopic (exact) mass is 509 g/mol. The van der Waals surface area contributed by atoms with E-state index in [4.69, 9.17) is 15.5 Å². The molecule has 0 radical (unpaired) electrons. The number of rotatable bonds is 5. The van der Waals surface area contributed by atoms with Crippen LogP contribution in [0.3, 0.4) is 0 Å². The first kappa shape index (κ1) is 24.2. The van der Waals surface area contributed by atoms with Crippen molar-refractivity contribution in [1.29, 1.82) is 0 Å². The summed E-state index contributed by atoms with van der Waals surface area (Å²) < 4.78 is 30.5. The molecule has 1 aromatic heterocycles. The van der Waals surface area contributed by atoms with E-state index in [1.54, 1.807) is 37.6 Å². The number of sulfone groups is 1. The molecule has 1 atom stereocenters. The third-order valence-electron chi connectivity index (χ3n) is 6.60. The molecule has 5 N–H and O–H groups in total. The number of nitrogens with zero attached hydrogens (tertiary/aromatic N) is 3. The molecule has 2 aliphatic heterocycles. The minimum absolute atomic E-state index is 0.177. The Morgan fingerprint density at radius 2 is 1.86 bits per heavy atom. The number of ether oxygens (including phenoxy) is 1. The van der Waals surface area contributed by atoms with Crippen molar-refractivity contribution < 1.29 is 13.2 Å². The van der Waals surface area contributed by atoms with Gasteiger partial charge < -0.3 is 30.2 Å². The summed E-state index contributed by atoms with van der Waals surface area (Å²) in [5.74, 6) is -0.332. The summed E-state index contributed by atoms with van der Waals surface area (Å²) >= 11 is 0. The van der Waals surface area contributed by atoms with E-state index in [1.807, 2.05) is 24.3 Å². The molecule has 0 amide bonds. The van der Waals surface area contributed by atoms with E-state index in [1.165, 1.54) is 6.26 Å². The number of aromatic amines is 1. The molecule has 3 heterocycles. The molecular formula is C25H31N7O3S. The lowest BCUT2D eigenvalue weighted by atomic mass is 10.0. The molecule has 1 saturated heterocycles. The maximum atomic E-state index is 12.4. The first-order chi connectivity index (χ1) is 17.2. The third-order valence-corrected chi connectivity index (χ3v) is 7.76. The fourth-order valence-corrected chi connectivity index (χ4v) is 5.47. The van der Waals surface area contributed by atoms with E-state index in [2.05, 4.69) is 32.5 Å². The van der Waals surface area contributed by atoms with Gasteiger partial charge in [-0.3, -0.25) is 5.73 Å². The van der Waals surface area contributed by atoms with Gasteiger partial charge in [-0.2, -0.15) is 0 Å². The normalized spacial score (nSPS) is 20.3. The second-order valence-electron chi connectivity index (χ2n) is 9.19. The number of piperazine rings is 1. The van der Waals surface area contributed by atoms with Gasteiger partial charge in [-0.15, -0.1) is 0 Å². The number of benzene rings is 2. The summed E-state index contributed by atoms with van der Waals surface area (Å²) in [6, 6.07) is 14.5. The minimum atomic E-state index is -3.46. The number of fused-ring (bicyclic) bond motifs is 1. The Balaban J connectivity index is 1.54. The predicted octanol–water partition coefficient (Wildman–Crippen LogP) is 2.23. The molecule has 0 bridgehead atoms. The minimum Gasteiger partial charge on any atom is -0.496 e. The molecular weight excluding hydrogens is 478 g/mol. The Hall–Kier alpha value is -3.54. The standard InChI is InChI=1S/C25H31N7O3S/c1-31-12-14-32(15-13-31)17-8-9-18(21(16-17)35-2)25(26)29-20-10-11-27-23(20)24(30-25)28-19-6-4-5-7-22(19)36(3,33)34/h4-11,16,27,29H,12-15,26H2,1-3H3,(H,28,30). The lowest BCUT2D eigenvalue weighted by Crippen LogP contribution is -2.47. The Labute approximate surface area is 211 Å². The van der Waals surface area contributed by atoms with Crippen LogP contribution in [0.1, 0.15) is 11.3 Å². The van der Waals surface area contributed by atoms with Gasteiger partial charge in [-0.25, -0.2) is 13.4 Å². The molecule has 10 nitrogen and oxygen atoms in total. The zero-order valence-electron chi connectivity index (χ0n) is 20.6. The Morgan fingerprint density at radius 1 is 1.11 bits per heavy atom. The topological polar surface area (TPSA) is 128 Å². The largest absolute Gasteiger partial charge is 0.496 e. The number of nitrogens with two attached hydrogens (primary N) is 1. The van der Waals surface area contributed by atoms with Crippen LogP contribution < -0.4 is 26.0 Å². The van der Waals surface area contributed by atoms with Gasteiger partial charge in [0, 0.05) is 50.4 Å². The highest BCUT2D eigenvalue weighted by Gasteiger charge is 2.37. The van der Waals surface area contributed by atoms with E-state index >= 15 is 0 Å². The number of anilines is 3. The van der Waals surface area contributed by atoms with Crippen LogP contribution in [0, 0.1) is 0 Å². The summed E-state index contributed by atoms with van der Waals surface area (Å²) in [6.45, 7) is 3.86. The zero-order chi connectivity index (χ0) is 25.5. The third kappa shape index (κ3) is 4.52. The van der Waals surface area contributed by atoms with Crippen LogP contribution in [0.4, 0.5) is 17.1 Å². The van der Waals surface area contributed by atoms with Crippen molar-refractivity contribution >= 4 is 32.7 Å². The van der Waals surface area contributed by atoms with Gasteiger partial charge in [0.2, 0.25) is 5.79 Å². The lowest BCUT2D eigenvalue weighted by Gasteiger charge is -2.36. The lowest BCUT2D eigenvalue weighted by molar-refractivity contribution is 0.312. The average molecular weight is 510 g/mol. The quantitative estimate of drug-likeness (QED) is 0.412. The molecule has 3 aromatic rings. The van der Waals surface area contributed by atoms with Gasteiger partial charge in [0.15, 0.2) is 15.7 Å². The fraction of sp³-hybridized carbons (Fsp3) is 0.320. The number of hydrogen-bond donors (Lipinski definition) is 4. The SMILES string of the molecule is COc1cc(N2CCN(C)CC2)ccc1C1(N)N=C(Nc2ccccc2S(C)(=O)=O)c2[nH]ccc2N1. The number of aliphatic imine (C=N–C) groups is 1. The number of H-pyrrole nitrogens is 1. The Morgan fingerprint density at radius 3 is 2.58 bits per heavy atom. The van der Waals surface area contributed by atoms with Crippen molar-refractivity contribution in [2.45, 2.75) is 10.7 Å². The van der Waals surface area contributed by atoms with Crippen LogP contribution in [0.15, 0.2) is 64.6 Å². The highest BCUT2D eigenvalue weighted by atomic mass is 32.2. The van der Waals surface area contributed by atoms with Crippen LogP contribution >= 0.6 is 0 Å². The molecule has 0 saturated carbocycles. The van der Waals surface area contributed by atoms with E-state index in [0.717, 1.165) is 37.6 Å². The molecule has 1 fully saturated rings. The van der Waals surface area contributed by atoms with Crippen molar-refractivity contribution in [3.05, 3.63) is 66.0 Å². The van der Waals surface area contributed by atoms with Crippen LogP contribution in [-0.4, -0.2) is 70.7 Å². The van der Waals surface area contributed by atoms with Crippen molar-refractivity contribution in [2.24, 2.45) is 10.7 Å². The fourth-order valence-electron chi connectivity index (χ4n) is 4.63. The number of nitrogens with one attached hydrogen (secondary N) is 3. The van der Waals surface area contributed by atoms with Crippen LogP contribution in [0.25, 0.3) is 0 Å². The van der Waals surface area contributed by atoms with Crippen LogP contribution in [-0.2, 0) is 15.6 Å². The van der Waals surface area contributed by atoms with Crippen LogP contribution in [0.2, 0.25) is 0 Å². The van der Waals surface area contributed by atoms with Crippen molar-refractivity contribution in [2.75, 3.05) is 62.1 Å². The molecule has 1 unspecified atom stereocenters. The summed E-state index contributed by atoms with van der Waals surface area (Å²) in [5.41, 5.74) is 10.4. The molecule has 0 aliphatic carbocycles. The van der Waals surface area contributed by atoms with Crippen molar-refractivity contribution in [3.8, 4) is 5.75 Å². The maximum absolute atomic E-state index is 12.4. The van der Waals surface area contributed by atoms with Gasteiger partial charge in [-0.05, 0) is 37.4 Å². The van der Waals surface area contributed by atoms with E-state index < -0.39 is 15.6 Å². The van der Waals surface area contributed by atoms with Gasteiger partial charge >= 0.3 is 0 Å². The highest BCUT2D eigenvalue weighted by molar-refractivity contribution is 7.90. The van der Waals surface area contributed by atoms with Crippen LogP contribution in [0.5, 0.6) is 5.75 Å². The second kappa shape index (κ2) is 9.16. The number of amidine groups is 1. The van der Waals surface area contributed by atoms with Gasteiger partial charge in [0.25, 0.3) is 0 Å². The summed E-state index contributed by atoms with van der Waals surface area (Å²) in [6.07, 6.45) is 2.95. The highest BCUT2D eigenvalue weighted by Crippen LogP contribution is 2.38. The first-order valence-electron chi connectivity index (χ1n) is 11.7. The van der Waals surface area contributed by atoms with Crippen molar-refractivity contribution in [3.63, 3.8) is 0 Å². The number of likely N-dealkylation sites (N-methyl/N-ethyl adjacent to an activating group) is 1. The predicted molar refractivity (Wildman–Crippen MR) is 143 cm³/mol. The molecule has 0 spiro atoms. The van der Waals surface area contributed by atoms with Gasteiger partial charge in [0.1, 0.15) is 11.4 Å². The molecule has 2 aliphatic rings. The van der Waals surface area contributed by atoms with Crippen molar-refractivity contribution in [1.82, 2.24) is 9.88 Å². The maximum Gasteiger partial charge on any atom is 0.215 e. The van der Waals surface area contributed by atoms with E-state index in [0.29, 0.717) is 28.5 Å². The summed E-state index contributed by atoms with van der Waals surface area (Å²) in [5, 5.41) is 6.50. The average Bonchev–Trinajstić information content (AvgIpc) is 3.32. The molecule has 2 aromatic carbocycles. The molecule has 11 heteroatoms.